The van der Waals surface area contributed by atoms with Gasteiger partial charge in [0.1, 0.15) is 5.82 Å². The summed E-state index contributed by atoms with van der Waals surface area (Å²) in [5.74, 6) is -0.166. The number of aromatic nitrogens is 1. The number of halogens is 1. The van der Waals surface area contributed by atoms with E-state index in [1.54, 1.807) is 23.5 Å². The topological polar surface area (TPSA) is 28.6 Å². The quantitative estimate of drug-likeness (QED) is 0.847. The van der Waals surface area contributed by atoms with Crippen LogP contribution >= 0.6 is 11.3 Å². The zero-order valence-corrected chi connectivity index (χ0v) is 14.5. The minimum absolute atomic E-state index is 0.166. The number of likely N-dealkylation sites (tertiary alicyclic amines) is 1. The summed E-state index contributed by atoms with van der Waals surface area (Å²) >= 11 is 1.78. The molecular weight excluding hydrogens is 325 g/mol. The van der Waals surface area contributed by atoms with Gasteiger partial charge in [-0.2, -0.15) is 0 Å². The second-order valence-corrected chi connectivity index (χ2v) is 7.48. The van der Waals surface area contributed by atoms with Gasteiger partial charge in [0.05, 0.1) is 13.2 Å². The van der Waals surface area contributed by atoms with Gasteiger partial charge in [-0.1, -0.05) is 12.1 Å². The van der Waals surface area contributed by atoms with E-state index in [0.717, 1.165) is 50.9 Å². The molecule has 0 aliphatic carbocycles. The lowest BCUT2D eigenvalue weighted by Crippen LogP contribution is -2.36. The summed E-state index contributed by atoms with van der Waals surface area (Å²) in [4.78, 5) is 10.7. The smallest absolute Gasteiger partial charge is 0.185 e. The molecular formula is C18H22FN3OS. The molecule has 1 aromatic heterocycles. The molecule has 0 saturated carbocycles. The van der Waals surface area contributed by atoms with Crippen molar-refractivity contribution in [3.63, 3.8) is 0 Å². The maximum Gasteiger partial charge on any atom is 0.185 e. The van der Waals surface area contributed by atoms with Crippen molar-refractivity contribution in [1.29, 1.82) is 0 Å². The molecule has 0 radical (unpaired) electrons. The van der Waals surface area contributed by atoms with Crippen molar-refractivity contribution >= 4 is 16.5 Å². The summed E-state index contributed by atoms with van der Waals surface area (Å²) in [6.45, 7) is 5.43. The number of thiazole rings is 1. The van der Waals surface area contributed by atoms with Crippen LogP contribution in [0, 0.1) is 5.82 Å². The first-order valence-electron chi connectivity index (χ1n) is 8.56. The van der Waals surface area contributed by atoms with Crippen molar-refractivity contribution in [2.24, 2.45) is 0 Å². The number of hydrogen-bond acceptors (Lipinski definition) is 5. The first-order chi connectivity index (χ1) is 11.8. The van der Waals surface area contributed by atoms with Crippen LogP contribution in [0.5, 0.6) is 0 Å². The van der Waals surface area contributed by atoms with E-state index in [2.05, 4.69) is 14.8 Å². The number of nitrogens with zero attached hydrogens (tertiary/aromatic N) is 3. The minimum atomic E-state index is -0.166. The summed E-state index contributed by atoms with van der Waals surface area (Å²) in [7, 11) is 0. The molecule has 2 aromatic rings. The lowest BCUT2D eigenvalue weighted by molar-refractivity contribution is 0.122. The van der Waals surface area contributed by atoms with Gasteiger partial charge in [-0.3, -0.25) is 4.90 Å². The predicted molar refractivity (Wildman–Crippen MR) is 93.9 cm³/mol. The van der Waals surface area contributed by atoms with E-state index in [4.69, 9.17) is 4.74 Å². The first-order valence-corrected chi connectivity index (χ1v) is 9.38. The summed E-state index contributed by atoms with van der Waals surface area (Å²) in [5.41, 5.74) is 1.21. The fraction of sp³-hybridized carbons (Fsp3) is 0.500. The van der Waals surface area contributed by atoms with Crippen molar-refractivity contribution in [1.82, 2.24) is 9.88 Å². The largest absolute Gasteiger partial charge is 0.378 e. The molecule has 0 spiro atoms. The predicted octanol–water partition coefficient (Wildman–Crippen LogP) is 3.46. The maximum absolute atomic E-state index is 13.2. The molecule has 4 nitrogen and oxygen atoms in total. The third-order valence-corrected chi connectivity index (χ3v) is 5.84. The van der Waals surface area contributed by atoms with Crippen LogP contribution in [0.3, 0.4) is 0 Å². The zero-order chi connectivity index (χ0) is 16.4. The Morgan fingerprint density at radius 2 is 1.96 bits per heavy atom. The molecule has 0 unspecified atom stereocenters. The Bertz CT molecular complexity index is 669. The van der Waals surface area contributed by atoms with E-state index >= 15 is 0 Å². The molecule has 0 amide bonds. The second-order valence-electron chi connectivity index (χ2n) is 6.39. The number of ether oxygens (including phenoxy) is 1. The lowest BCUT2D eigenvalue weighted by atomic mass is 10.0. The molecule has 2 aliphatic heterocycles. The Kier molecular flexibility index (Phi) is 4.78. The van der Waals surface area contributed by atoms with Gasteiger partial charge in [0.2, 0.25) is 0 Å². The van der Waals surface area contributed by atoms with Gasteiger partial charge in [-0.15, -0.1) is 11.3 Å². The Hall–Kier alpha value is -1.50. The van der Waals surface area contributed by atoms with Crippen LogP contribution < -0.4 is 4.90 Å². The summed E-state index contributed by atoms with van der Waals surface area (Å²) in [6, 6.07) is 7.36. The Labute approximate surface area is 145 Å². The second kappa shape index (κ2) is 7.17. The third-order valence-electron chi connectivity index (χ3n) is 4.80. The average molecular weight is 347 g/mol. The van der Waals surface area contributed by atoms with E-state index in [1.165, 1.54) is 16.9 Å². The Morgan fingerprint density at radius 1 is 1.17 bits per heavy atom. The van der Waals surface area contributed by atoms with Crippen LogP contribution in [0.25, 0.3) is 0 Å². The third kappa shape index (κ3) is 3.45. The van der Waals surface area contributed by atoms with E-state index in [-0.39, 0.29) is 5.82 Å². The number of anilines is 1. The SMILES string of the molecule is Fc1ccc([C@H]2CCCN2Cc2cnc(N3CCOCC3)s2)cc1. The molecule has 0 N–H and O–H groups in total. The van der Waals surface area contributed by atoms with Gasteiger partial charge in [0.25, 0.3) is 0 Å². The number of benzene rings is 1. The van der Waals surface area contributed by atoms with Gasteiger partial charge in [-0.05, 0) is 37.1 Å². The fourth-order valence-electron chi connectivity index (χ4n) is 3.55. The van der Waals surface area contributed by atoms with E-state index in [1.807, 2.05) is 18.3 Å². The molecule has 0 bridgehead atoms. The van der Waals surface area contributed by atoms with Crippen molar-refractivity contribution in [2.75, 3.05) is 37.7 Å². The molecule has 3 heterocycles. The van der Waals surface area contributed by atoms with E-state index in [9.17, 15) is 4.39 Å². The van der Waals surface area contributed by atoms with Crippen LogP contribution in [0.1, 0.15) is 29.3 Å². The number of hydrogen-bond donors (Lipinski definition) is 0. The van der Waals surface area contributed by atoms with E-state index < -0.39 is 0 Å². The first kappa shape index (κ1) is 16.0. The normalized spacial score (nSPS) is 22.2. The molecule has 2 aliphatic rings. The van der Waals surface area contributed by atoms with Crippen LogP contribution in [-0.2, 0) is 11.3 Å². The van der Waals surface area contributed by atoms with Crippen molar-refractivity contribution in [2.45, 2.75) is 25.4 Å². The molecule has 24 heavy (non-hydrogen) atoms. The highest BCUT2D eigenvalue weighted by atomic mass is 32.1. The van der Waals surface area contributed by atoms with Crippen molar-refractivity contribution in [3.8, 4) is 0 Å². The molecule has 4 rings (SSSR count). The van der Waals surface area contributed by atoms with E-state index in [0.29, 0.717) is 6.04 Å². The molecule has 128 valence electrons. The molecule has 6 heteroatoms. The van der Waals surface area contributed by atoms with Gasteiger partial charge in [0, 0.05) is 36.8 Å². The maximum atomic E-state index is 13.2. The summed E-state index contributed by atoms with van der Waals surface area (Å²) in [6.07, 6.45) is 4.34. The van der Waals surface area contributed by atoms with Crippen LogP contribution in [0.4, 0.5) is 9.52 Å². The Morgan fingerprint density at radius 3 is 2.75 bits per heavy atom. The number of rotatable bonds is 4. The van der Waals surface area contributed by atoms with Crippen LogP contribution in [0.2, 0.25) is 0 Å². The Balaban J connectivity index is 1.44. The standard InChI is InChI=1S/C18H22FN3OS/c19-15-5-3-14(4-6-15)17-2-1-7-22(17)13-16-12-20-18(24-16)21-8-10-23-11-9-21/h3-6,12,17H,1-2,7-11,13H2/t17-/m1/s1. The van der Waals surface area contributed by atoms with Crippen molar-refractivity contribution < 1.29 is 9.13 Å². The van der Waals surface area contributed by atoms with Crippen LogP contribution in [0.15, 0.2) is 30.5 Å². The summed E-state index contributed by atoms with van der Waals surface area (Å²) < 4.78 is 18.6. The van der Waals surface area contributed by atoms with Gasteiger partial charge >= 0.3 is 0 Å². The highest BCUT2D eigenvalue weighted by Gasteiger charge is 2.26. The van der Waals surface area contributed by atoms with Crippen molar-refractivity contribution in [3.05, 3.63) is 46.7 Å². The lowest BCUT2D eigenvalue weighted by Gasteiger charge is -2.26. The monoisotopic (exact) mass is 347 g/mol. The fourth-order valence-corrected chi connectivity index (χ4v) is 4.54. The number of morpholine rings is 1. The molecule has 1 atom stereocenters. The molecule has 2 fully saturated rings. The molecule has 1 aromatic carbocycles. The zero-order valence-electron chi connectivity index (χ0n) is 13.7. The van der Waals surface area contributed by atoms with Gasteiger partial charge in [0.15, 0.2) is 5.13 Å². The highest BCUT2D eigenvalue weighted by molar-refractivity contribution is 7.15. The summed E-state index contributed by atoms with van der Waals surface area (Å²) in [5, 5.41) is 1.10. The van der Waals surface area contributed by atoms with Gasteiger partial charge in [-0.25, -0.2) is 9.37 Å². The average Bonchev–Trinajstić information content (AvgIpc) is 3.27. The molecule has 2 saturated heterocycles. The van der Waals surface area contributed by atoms with Crippen LogP contribution in [-0.4, -0.2) is 42.7 Å². The van der Waals surface area contributed by atoms with Gasteiger partial charge < -0.3 is 9.64 Å². The minimum Gasteiger partial charge on any atom is -0.378 e. The highest BCUT2D eigenvalue weighted by Crippen LogP contribution is 2.34.